The molecule has 1 aliphatic carbocycles. The zero-order chi connectivity index (χ0) is 29.6. The highest BCUT2D eigenvalue weighted by Gasteiger charge is 2.37. The number of hydrogen-bond acceptors (Lipinski definition) is 7. The topological polar surface area (TPSA) is 107 Å². The van der Waals surface area contributed by atoms with Crippen LogP contribution < -0.4 is 25.4 Å². The summed E-state index contributed by atoms with van der Waals surface area (Å²) in [5.74, 6) is 0.747. The highest BCUT2D eigenvalue weighted by Crippen LogP contribution is 2.38. The minimum atomic E-state index is -0.947. The lowest BCUT2D eigenvalue weighted by atomic mass is 9.94. The van der Waals surface area contributed by atoms with Crippen LogP contribution in [-0.4, -0.2) is 36.4 Å². The molecule has 218 valence electrons. The third-order valence-electron chi connectivity index (χ3n) is 7.77. The Morgan fingerprint density at radius 3 is 2.17 bits per heavy atom. The third-order valence-corrected chi connectivity index (χ3v) is 8.62. The molecule has 1 saturated carbocycles. The maximum Gasteiger partial charge on any atom is 0.273 e. The van der Waals surface area contributed by atoms with E-state index in [2.05, 4.69) is 9.69 Å². The number of amides is 2. The summed E-state index contributed by atoms with van der Waals surface area (Å²) in [7, 11) is 3.20. The fourth-order valence-corrected chi connectivity index (χ4v) is 6.21. The molecule has 1 heterocycles. The Labute approximate surface area is 250 Å². The van der Waals surface area contributed by atoms with Crippen LogP contribution in [0, 0.1) is 6.92 Å². The molecule has 0 unspecified atom stereocenters. The molecule has 0 bridgehead atoms. The van der Waals surface area contributed by atoms with Crippen LogP contribution in [0.25, 0.3) is 11.3 Å². The van der Waals surface area contributed by atoms with Crippen LogP contribution >= 0.6 is 11.5 Å². The van der Waals surface area contributed by atoms with Gasteiger partial charge in [0.1, 0.15) is 28.1 Å². The van der Waals surface area contributed by atoms with Gasteiger partial charge in [-0.2, -0.15) is 4.37 Å². The number of nitrogens with zero attached hydrogens (tertiary/aromatic N) is 2. The second-order valence-corrected chi connectivity index (χ2v) is 11.3. The number of carbonyl (C=O) groups is 2. The number of nitrogen functional groups attached to an aromatic ring is 1. The number of aromatic nitrogens is 1. The summed E-state index contributed by atoms with van der Waals surface area (Å²) in [6.07, 6.45) is 5.16. The molecule has 0 saturated heterocycles. The number of ether oxygens (including phenoxy) is 2. The van der Waals surface area contributed by atoms with E-state index in [1.54, 1.807) is 31.3 Å². The minimum Gasteiger partial charge on any atom is -0.497 e. The van der Waals surface area contributed by atoms with Crippen LogP contribution in [0.4, 0.5) is 11.4 Å². The minimum absolute atomic E-state index is 0.0657. The third kappa shape index (κ3) is 6.11. The van der Waals surface area contributed by atoms with Crippen molar-refractivity contribution in [1.29, 1.82) is 0 Å². The fourth-order valence-electron chi connectivity index (χ4n) is 5.45. The van der Waals surface area contributed by atoms with Crippen molar-refractivity contribution < 1.29 is 19.1 Å². The van der Waals surface area contributed by atoms with Crippen LogP contribution in [0.15, 0.2) is 72.8 Å². The second kappa shape index (κ2) is 13.1. The number of anilines is 2. The first kappa shape index (κ1) is 29.1. The first-order valence-electron chi connectivity index (χ1n) is 14.1. The maximum absolute atomic E-state index is 14.6. The van der Waals surface area contributed by atoms with Gasteiger partial charge in [-0.3, -0.25) is 14.5 Å². The molecule has 2 amide bonds. The number of hydrogen-bond donors (Lipinski definition) is 2. The van der Waals surface area contributed by atoms with Crippen molar-refractivity contribution in [2.45, 2.75) is 51.1 Å². The summed E-state index contributed by atoms with van der Waals surface area (Å²) in [4.78, 5) is 30.6. The lowest BCUT2D eigenvalue weighted by Gasteiger charge is -2.34. The lowest BCUT2D eigenvalue weighted by molar-refractivity contribution is -0.123. The van der Waals surface area contributed by atoms with Crippen LogP contribution in [-0.2, 0) is 4.79 Å². The standard InChI is InChI=1S/C33H36N4O4S/c1-21-9-7-8-12-27(21)37(33(39)31-28(34)29(36-42-31)22-13-17-25(40-2)18-14-22)30(23-15-19-26(41-3)20-16-23)32(38)35-24-10-5-4-6-11-24/h7-9,12-20,24,30H,4-6,10-11,34H2,1-3H3,(H,35,38)/t30-/m1/s1. The van der Waals surface area contributed by atoms with Gasteiger partial charge in [0, 0.05) is 17.3 Å². The van der Waals surface area contributed by atoms with Crippen LogP contribution in [0.5, 0.6) is 11.5 Å². The normalized spacial score (nSPS) is 14.2. The molecule has 4 aromatic rings. The Hall–Kier alpha value is -4.37. The molecule has 0 aliphatic heterocycles. The summed E-state index contributed by atoms with van der Waals surface area (Å²) >= 11 is 1.03. The Morgan fingerprint density at radius 1 is 0.929 bits per heavy atom. The molecule has 0 spiro atoms. The molecule has 1 aliphatic rings. The first-order chi connectivity index (χ1) is 20.4. The SMILES string of the molecule is COc1ccc(-c2nsc(C(=O)N(c3ccccc3C)[C@@H](C(=O)NC3CCCCC3)c3ccc(OC)cc3)c2N)cc1. The van der Waals surface area contributed by atoms with Crippen molar-refractivity contribution in [2.24, 2.45) is 0 Å². The van der Waals surface area contributed by atoms with Crippen molar-refractivity contribution in [3.63, 3.8) is 0 Å². The van der Waals surface area contributed by atoms with Crippen molar-refractivity contribution in [2.75, 3.05) is 24.9 Å². The molecule has 3 aromatic carbocycles. The quantitative estimate of drug-likeness (QED) is 0.231. The Bertz CT molecular complexity index is 1530. The van der Waals surface area contributed by atoms with E-state index in [1.807, 2.05) is 67.6 Å². The van der Waals surface area contributed by atoms with Gasteiger partial charge in [0.05, 0.1) is 19.9 Å². The molecule has 0 radical (unpaired) electrons. The average molecular weight is 585 g/mol. The summed E-state index contributed by atoms with van der Waals surface area (Å²) in [6, 6.07) is 21.3. The van der Waals surface area contributed by atoms with Crippen molar-refractivity contribution in [1.82, 2.24) is 9.69 Å². The van der Waals surface area contributed by atoms with Crippen molar-refractivity contribution in [3.05, 3.63) is 88.8 Å². The van der Waals surface area contributed by atoms with E-state index in [-0.39, 0.29) is 22.5 Å². The van der Waals surface area contributed by atoms with E-state index in [0.717, 1.165) is 48.3 Å². The van der Waals surface area contributed by atoms with Gasteiger partial charge in [0.25, 0.3) is 5.91 Å². The van der Waals surface area contributed by atoms with Gasteiger partial charge in [-0.1, -0.05) is 49.6 Å². The number of nitrogens with one attached hydrogen (secondary N) is 1. The van der Waals surface area contributed by atoms with Crippen LogP contribution in [0.2, 0.25) is 0 Å². The fraction of sp³-hybridized carbons (Fsp3) is 0.303. The number of para-hydroxylation sites is 1. The number of aryl methyl sites for hydroxylation is 1. The largest absolute Gasteiger partial charge is 0.497 e. The molecule has 9 heteroatoms. The van der Waals surface area contributed by atoms with E-state index >= 15 is 0 Å². The van der Waals surface area contributed by atoms with Gasteiger partial charge in [-0.15, -0.1) is 0 Å². The molecule has 1 fully saturated rings. The second-order valence-electron chi connectivity index (χ2n) is 10.5. The number of methoxy groups -OCH3 is 2. The molecule has 1 aromatic heterocycles. The van der Waals surface area contributed by atoms with Crippen LogP contribution in [0.1, 0.15) is 58.9 Å². The molecular weight excluding hydrogens is 548 g/mol. The molecule has 1 atom stereocenters. The smallest absolute Gasteiger partial charge is 0.273 e. The van der Waals surface area contributed by atoms with E-state index in [4.69, 9.17) is 15.2 Å². The van der Waals surface area contributed by atoms with E-state index in [9.17, 15) is 9.59 Å². The number of benzene rings is 3. The zero-order valence-electron chi connectivity index (χ0n) is 24.1. The molecule has 5 rings (SSSR count). The van der Waals surface area contributed by atoms with Gasteiger partial charge in [-0.25, -0.2) is 0 Å². The van der Waals surface area contributed by atoms with E-state index in [1.165, 1.54) is 6.42 Å². The summed E-state index contributed by atoms with van der Waals surface area (Å²) in [6.45, 7) is 1.93. The van der Waals surface area contributed by atoms with Gasteiger partial charge in [0.2, 0.25) is 5.91 Å². The van der Waals surface area contributed by atoms with Gasteiger partial charge < -0.3 is 20.5 Å². The number of rotatable bonds is 9. The Balaban J connectivity index is 1.60. The highest BCUT2D eigenvalue weighted by atomic mass is 32.1. The first-order valence-corrected chi connectivity index (χ1v) is 14.9. The van der Waals surface area contributed by atoms with E-state index in [0.29, 0.717) is 28.4 Å². The Morgan fingerprint density at radius 2 is 1.55 bits per heavy atom. The number of nitrogens with two attached hydrogens (primary N) is 1. The van der Waals surface area contributed by atoms with Gasteiger partial charge >= 0.3 is 0 Å². The summed E-state index contributed by atoms with van der Waals surface area (Å²) in [5.41, 5.74) is 10.3. The average Bonchev–Trinajstić information content (AvgIpc) is 3.41. The highest BCUT2D eigenvalue weighted by molar-refractivity contribution is 7.09. The summed E-state index contributed by atoms with van der Waals surface area (Å²) in [5, 5.41) is 3.26. The molecule has 3 N–H and O–H groups in total. The van der Waals surface area contributed by atoms with E-state index < -0.39 is 11.9 Å². The lowest BCUT2D eigenvalue weighted by Crippen LogP contribution is -2.47. The van der Waals surface area contributed by atoms with Crippen molar-refractivity contribution in [3.8, 4) is 22.8 Å². The zero-order valence-corrected chi connectivity index (χ0v) is 24.9. The van der Waals surface area contributed by atoms with Crippen LogP contribution in [0.3, 0.4) is 0 Å². The Kier molecular flexibility index (Phi) is 9.07. The van der Waals surface area contributed by atoms with Gasteiger partial charge in [-0.05, 0) is 84.9 Å². The molecular formula is C33H36N4O4S. The molecule has 42 heavy (non-hydrogen) atoms. The number of carbonyl (C=O) groups excluding carboxylic acids is 2. The monoisotopic (exact) mass is 584 g/mol. The predicted octanol–water partition coefficient (Wildman–Crippen LogP) is 6.55. The van der Waals surface area contributed by atoms with Crippen molar-refractivity contribution >= 4 is 34.7 Å². The maximum atomic E-state index is 14.6. The predicted molar refractivity (Wildman–Crippen MR) is 167 cm³/mol. The van der Waals surface area contributed by atoms with Gasteiger partial charge in [0.15, 0.2) is 0 Å². The summed E-state index contributed by atoms with van der Waals surface area (Å²) < 4.78 is 15.2. The molecule has 8 nitrogen and oxygen atoms in total.